The summed E-state index contributed by atoms with van der Waals surface area (Å²) >= 11 is 0. The standard InChI is InChI=1S/C11H5F6NO3S/c12-10(13,14)7-8(18-9(21-7)11(15,16)17)22(19,20)6-4-2-1-3-5-6/h1-5H. The van der Waals surface area contributed by atoms with Crippen LogP contribution in [0.3, 0.4) is 0 Å². The summed E-state index contributed by atoms with van der Waals surface area (Å²) in [6.45, 7) is 0. The summed E-state index contributed by atoms with van der Waals surface area (Å²) in [5, 5.41) is -1.82. The molecular weight excluding hydrogens is 340 g/mol. The van der Waals surface area contributed by atoms with E-state index in [4.69, 9.17) is 0 Å². The number of hydrogen-bond donors (Lipinski definition) is 0. The van der Waals surface area contributed by atoms with E-state index in [2.05, 4.69) is 9.40 Å². The Balaban J connectivity index is 2.72. The molecular formula is C11H5F6NO3S. The number of hydrogen-bond acceptors (Lipinski definition) is 4. The van der Waals surface area contributed by atoms with Crippen molar-refractivity contribution in [2.45, 2.75) is 22.3 Å². The molecule has 0 fully saturated rings. The first kappa shape index (κ1) is 16.3. The predicted molar refractivity (Wildman–Crippen MR) is 58.4 cm³/mol. The van der Waals surface area contributed by atoms with Crippen LogP contribution in [-0.4, -0.2) is 13.4 Å². The molecule has 0 spiro atoms. The molecule has 0 aliphatic heterocycles. The highest BCUT2D eigenvalue weighted by atomic mass is 32.2. The number of alkyl halides is 6. The first-order valence-electron chi connectivity index (χ1n) is 5.39. The first-order chi connectivity index (χ1) is 9.94. The first-order valence-corrected chi connectivity index (χ1v) is 6.87. The quantitative estimate of drug-likeness (QED) is 0.781. The van der Waals surface area contributed by atoms with Crippen molar-refractivity contribution in [2.75, 3.05) is 0 Å². The molecule has 0 aliphatic carbocycles. The van der Waals surface area contributed by atoms with Crippen molar-refractivity contribution in [3.8, 4) is 0 Å². The van der Waals surface area contributed by atoms with Crippen LogP contribution in [0.1, 0.15) is 11.7 Å². The summed E-state index contributed by atoms with van der Waals surface area (Å²) in [7, 11) is -4.92. The normalized spacial score (nSPS) is 13.4. The van der Waals surface area contributed by atoms with Crippen LogP contribution < -0.4 is 0 Å². The Morgan fingerprint density at radius 3 is 1.91 bits per heavy atom. The number of halogens is 6. The number of oxazole rings is 1. The minimum atomic E-state index is -5.45. The van der Waals surface area contributed by atoms with E-state index in [1.807, 2.05) is 0 Å². The summed E-state index contributed by atoms with van der Waals surface area (Å²) < 4.78 is 103. The second-order valence-corrected chi connectivity index (χ2v) is 5.83. The van der Waals surface area contributed by atoms with Crippen LogP contribution in [-0.2, 0) is 22.2 Å². The van der Waals surface area contributed by atoms with Gasteiger partial charge in [-0.05, 0) is 12.1 Å². The van der Waals surface area contributed by atoms with Crippen molar-refractivity contribution >= 4 is 9.84 Å². The molecule has 0 unspecified atom stereocenters. The minimum absolute atomic E-state index is 0.637. The van der Waals surface area contributed by atoms with Gasteiger partial charge in [-0.3, -0.25) is 0 Å². The maximum atomic E-state index is 12.7. The fourth-order valence-corrected chi connectivity index (χ4v) is 2.84. The van der Waals surface area contributed by atoms with Crippen LogP contribution in [0.15, 0.2) is 44.7 Å². The van der Waals surface area contributed by atoms with Gasteiger partial charge < -0.3 is 4.42 Å². The van der Waals surface area contributed by atoms with Crippen molar-refractivity contribution < 1.29 is 39.2 Å². The Morgan fingerprint density at radius 1 is 0.909 bits per heavy atom. The average Bonchev–Trinajstić information content (AvgIpc) is 2.85. The van der Waals surface area contributed by atoms with Gasteiger partial charge in [-0.25, -0.2) is 8.42 Å². The minimum Gasteiger partial charge on any atom is -0.427 e. The number of rotatable bonds is 2. The molecule has 1 aromatic carbocycles. The molecule has 0 atom stereocenters. The van der Waals surface area contributed by atoms with Gasteiger partial charge in [0.25, 0.3) is 0 Å². The molecule has 120 valence electrons. The zero-order chi connectivity index (χ0) is 16.8. The SMILES string of the molecule is O=S(=O)(c1ccccc1)c1nc(C(F)(F)F)oc1C(F)(F)F. The third kappa shape index (κ3) is 2.93. The molecule has 0 N–H and O–H groups in total. The van der Waals surface area contributed by atoms with Crippen LogP contribution >= 0.6 is 0 Å². The zero-order valence-corrected chi connectivity index (χ0v) is 11.1. The molecule has 1 heterocycles. The van der Waals surface area contributed by atoms with Crippen LogP contribution in [0.25, 0.3) is 0 Å². The Hall–Kier alpha value is -2.04. The molecule has 11 heteroatoms. The highest BCUT2D eigenvalue weighted by Crippen LogP contribution is 2.40. The molecule has 0 saturated carbocycles. The number of nitrogens with zero attached hydrogens (tertiary/aromatic N) is 1. The van der Waals surface area contributed by atoms with Crippen molar-refractivity contribution in [3.63, 3.8) is 0 Å². The molecule has 0 saturated heterocycles. The summed E-state index contributed by atoms with van der Waals surface area (Å²) in [4.78, 5) is 1.86. The monoisotopic (exact) mass is 345 g/mol. The lowest BCUT2D eigenvalue weighted by molar-refractivity contribution is -0.173. The molecule has 0 bridgehead atoms. The van der Waals surface area contributed by atoms with E-state index in [0.717, 1.165) is 12.1 Å². The maximum absolute atomic E-state index is 12.7. The molecule has 0 amide bonds. The van der Waals surface area contributed by atoms with Crippen molar-refractivity contribution in [2.24, 2.45) is 0 Å². The van der Waals surface area contributed by atoms with Gasteiger partial charge >= 0.3 is 18.2 Å². The van der Waals surface area contributed by atoms with E-state index < -0.39 is 43.8 Å². The Morgan fingerprint density at radius 2 is 1.45 bits per heavy atom. The van der Waals surface area contributed by atoms with Crippen molar-refractivity contribution in [1.82, 2.24) is 4.98 Å². The van der Waals surface area contributed by atoms with E-state index in [1.165, 1.54) is 18.2 Å². The topological polar surface area (TPSA) is 60.2 Å². The van der Waals surface area contributed by atoms with Gasteiger partial charge in [-0.2, -0.15) is 31.3 Å². The smallest absolute Gasteiger partial charge is 0.427 e. The molecule has 0 aliphatic rings. The second kappa shape index (κ2) is 5.00. The molecule has 4 nitrogen and oxygen atoms in total. The van der Waals surface area contributed by atoms with Crippen molar-refractivity contribution in [1.29, 1.82) is 0 Å². The van der Waals surface area contributed by atoms with Crippen LogP contribution in [0.5, 0.6) is 0 Å². The molecule has 0 radical (unpaired) electrons. The summed E-state index contributed by atoms with van der Waals surface area (Å²) in [6, 6.07) is 5.64. The largest absolute Gasteiger partial charge is 0.468 e. The van der Waals surface area contributed by atoms with Gasteiger partial charge in [0.15, 0.2) is 0 Å². The second-order valence-electron chi connectivity index (χ2n) is 3.97. The Bertz CT molecular complexity index is 776. The van der Waals surface area contributed by atoms with Gasteiger partial charge in [0.05, 0.1) is 4.90 Å². The number of benzene rings is 1. The predicted octanol–water partition coefficient (Wildman–Crippen LogP) is 3.55. The average molecular weight is 345 g/mol. The van der Waals surface area contributed by atoms with Gasteiger partial charge in [0, 0.05) is 0 Å². The third-order valence-electron chi connectivity index (χ3n) is 2.40. The van der Waals surface area contributed by atoms with E-state index >= 15 is 0 Å². The molecule has 2 rings (SSSR count). The lowest BCUT2D eigenvalue weighted by atomic mass is 10.4. The van der Waals surface area contributed by atoms with E-state index in [-0.39, 0.29) is 0 Å². The van der Waals surface area contributed by atoms with Gasteiger partial charge in [-0.1, -0.05) is 18.2 Å². The Labute approximate surface area is 119 Å². The zero-order valence-electron chi connectivity index (χ0n) is 10.2. The van der Waals surface area contributed by atoms with E-state index in [9.17, 15) is 34.8 Å². The van der Waals surface area contributed by atoms with Gasteiger partial charge in [-0.15, -0.1) is 0 Å². The molecule has 2 aromatic rings. The van der Waals surface area contributed by atoms with Gasteiger partial charge in [0.2, 0.25) is 20.6 Å². The number of sulfone groups is 1. The summed E-state index contributed by atoms with van der Waals surface area (Å²) in [5.41, 5.74) is 0. The van der Waals surface area contributed by atoms with Crippen molar-refractivity contribution in [3.05, 3.63) is 42.0 Å². The lowest BCUT2D eigenvalue weighted by Crippen LogP contribution is -2.12. The lowest BCUT2D eigenvalue weighted by Gasteiger charge is -2.05. The number of aromatic nitrogens is 1. The van der Waals surface area contributed by atoms with E-state index in [1.54, 1.807) is 0 Å². The van der Waals surface area contributed by atoms with E-state index in [0.29, 0.717) is 0 Å². The fourth-order valence-electron chi connectivity index (χ4n) is 1.50. The fraction of sp³-hybridized carbons (Fsp3) is 0.182. The van der Waals surface area contributed by atoms with Crippen LogP contribution in [0, 0.1) is 0 Å². The third-order valence-corrected chi connectivity index (χ3v) is 4.08. The maximum Gasteiger partial charge on any atom is 0.468 e. The molecule has 22 heavy (non-hydrogen) atoms. The summed E-state index contributed by atoms with van der Waals surface area (Å²) in [6.07, 6.45) is -10.8. The van der Waals surface area contributed by atoms with Crippen LogP contribution in [0.4, 0.5) is 26.3 Å². The highest BCUT2D eigenvalue weighted by molar-refractivity contribution is 7.91. The van der Waals surface area contributed by atoms with Gasteiger partial charge in [0.1, 0.15) is 0 Å². The summed E-state index contributed by atoms with van der Waals surface area (Å²) in [5.74, 6) is -4.60. The van der Waals surface area contributed by atoms with Crippen LogP contribution in [0.2, 0.25) is 0 Å². The highest BCUT2D eigenvalue weighted by Gasteiger charge is 2.48. The molecule has 1 aromatic heterocycles. The Kier molecular flexibility index (Phi) is 3.71.